The first kappa shape index (κ1) is 9.59. The van der Waals surface area contributed by atoms with Gasteiger partial charge in [-0.1, -0.05) is 0 Å². The Balaban J connectivity index is 0. The van der Waals surface area contributed by atoms with E-state index in [1.54, 1.807) is 0 Å². The lowest BCUT2D eigenvalue weighted by atomic mass is 11.3. The topological polar surface area (TPSA) is 37.3 Å². The maximum Gasteiger partial charge on any atom is 0.324 e. The van der Waals surface area contributed by atoms with Gasteiger partial charge in [-0.3, -0.25) is 0 Å². The molecule has 0 heterocycles. The van der Waals surface area contributed by atoms with Gasteiger partial charge in [-0.2, -0.15) is 4.94 Å². The van der Waals surface area contributed by atoms with Gasteiger partial charge in [-0.05, 0) is 0 Å². The maximum absolute atomic E-state index is 8.46. The van der Waals surface area contributed by atoms with Gasteiger partial charge in [0.2, 0.25) is 16.3 Å². The van der Waals surface area contributed by atoms with Crippen LogP contribution in [0.2, 0.25) is 0 Å². The quantitative estimate of drug-likeness (QED) is 0.359. The van der Waals surface area contributed by atoms with E-state index in [9.17, 15) is 0 Å². The van der Waals surface area contributed by atoms with Crippen molar-refractivity contribution in [3.8, 4) is 0 Å². The molecule has 0 saturated carbocycles. The Kier molecular flexibility index (Phi) is 29.4. The molecule has 6 heavy (non-hydrogen) atoms. The fourth-order valence-corrected chi connectivity index (χ4v) is 0. The fourth-order valence-electron chi connectivity index (χ4n) is 0. The number of hydrogen-bond acceptors (Lipinski definition) is 1. The summed E-state index contributed by atoms with van der Waals surface area (Å²) in [5.74, 6) is 0. The van der Waals surface area contributed by atoms with Gasteiger partial charge < -0.3 is 4.89 Å². The van der Waals surface area contributed by atoms with Gasteiger partial charge in [0, 0.05) is 0 Å². The summed E-state index contributed by atoms with van der Waals surface area (Å²) in [7, 11) is -0.833. The average Bonchev–Trinajstić information content (AvgIpc) is 1.39. The van der Waals surface area contributed by atoms with Crippen LogP contribution in [0.3, 0.4) is 0 Å². The van der Waals surface area contributed by atoms with E-state index in [1.807, 2.05) is 4.94 Å². The highest BCUT2D eigenvalue weighted by Crippen LogP contribution is 1.66. The Morgan fingerprint density at radius 1 is 2.00 bits per heavy atom. The van der Waals surface area contributed by atoms with Crippen LogP contribution in [0.5, 0.6) is 0 Å². The molecule has 0 aliphatic rings. The van der Waals surface area contributed by atoms with E-state index in [4.69, 9.17) is 9.46 Å². The molecule has 1 N–H and O–H groups in total. The van der Waals surface area contributed by atoms with Crippen molar-refractivity contribution in [2.24, 2.45) is 0 Å². The lowest BCUT2D eigenvalue weighted by Gasteiger charge is -1.26. The van der Waals surface area contributed by atoms with Crippen molar-refractivity contribution < 1.29 is 9.46 Å². The van der Waals surface area contributed by atoms with Gasteiger partial charge in [-0.15, -0.1) is 6.58 Å². The lowest BCUT2D eigenvalue weighted by Crippen LogP contribution is -1.29. The molecule has 0 saturated heterocycles. The molecular formula is C2H6AlO2P. The van der Waals surface area contributed by atoms with Crippen LogP contribution in [0.25, 0.3) is 0 Å². The van der Waals surface area contributed by atoms with Crippen molar-refractivity contribution >= 4 is 25.0 Å². The van der Waals surface area contributed by atoms with Crippen molar-refractivity contribution in [1.29, 1.82) is 0 Å². The summed E-state index contributed by atoms with van der Waals surface area (Å²) in [5.41, 5.74) is 0. The Labute approximate surface area is 46.6 Å². The molecule has 0 aliphatic carbocycles. The highest BCUT2D eigenvalue weighted by molar-refractivity contribution is 7.16. The minimum Gasteiger partial charge on any atom is -0.310 e. The standard InChI is InChI=1S/C2H3.Al.HO2P.2H/c1-2;;1-3-2;;/h1H,2H2;;(H,1,2);;. The van der Waals surface area contributed by atoms with Crippen molar-refractivity contribution in [3.63, 3.8) is 0 Å². The first-order valence-corrected chi connectivity index (χ1v) is 3.29. The molecule has 0 bridgehead atoms. The minimum absolute atomic E-state index is 0.833. The van der Waals surface area contributed by atoms with Crippen molar-refractivity contribution in [1.82, 2.24) is 0 Å². The van der Waals surface area contributed by atoms with Gasteiger partial charge in [0.15, 0.2) is 0 Å². The molecule has 0 aromatic carbocycles. The Hall–Kier alpha value is 0.332. The molecule has 4 heteroatoms. The minimum atomic E-state index is -0.833. The molecule has 0 spiro atoms. The number of hydrogen-bond donors (Lipinski definition) is 1. The van der Waals surface area contributed by atoms with Crippen LogP contribution in [-0.2, 0) is 4.57 Å². The molecule has 34 valence electrons. The highest BCUT2D eigenvalue weighted by Gasteiger charge is 1.28. The van der Waals surface area contributed by atoms with E-state index < -0.39 is 8.69 Å². The summed E-state index contributed by atoms with van der Waals surface area (Å²) in [4.78, 5) is 8.88. The zero-order valence-corrected chi connectivity index (χ0v) is 6.48. The average molecular weight is 120 g/mol. The smallest absolute Gasteiger partial charge is 0.310 e. The molecule has 0 fully saturated rings. The van der Waals surface area contributed by atoms with E-state index in [-0.39, 0.29) is 0 Å². The largest absolute Gasteiger partial charge is 0.324 e. The van der Waals surface area contributed by atoms with Crippen LogP contribution in [0, 0.1) is 0 Å². The molecule has 2 nitrogen and oxygen atoms in total. The van der Waals surface area contributed by atoms with E-state index in [0.717, 1.165) is 16.3 Å². The van der Waals surface area contributed by atoms with E-state index in [2.05, 4.69) is 6.58 Å². The molecule has 0 atom stereocenters. The second-order valence-electron chi connectivity index (χ2n) is 0.490. The monoisotopic (exact) mass is 120 g/mol. The predicted molar refractivity (Wildman–Crippen MR) is 28.6 cm³/mol. The van der Waals surface area contributed by atoms with Crippen molar-refractivity contribution in [3.05, 3.63) is 11.5 Å². The zero-order valence-electron chi connectivity index (χ0n) is 3.59. The molecule has 0 aromatic rings. The summed E-state index contributed by atoms with van der Waals surface area (Å²) in [6.45, 7) is 3.42. The summed E-state index contributed by atoms with van der Waals surface area (Å²) < 4.78 is 8.46. The van der Waals surface area contributed by atoms with Crippen LogP contribution in [0.4, 0.5) is 0 Å². The maximum atomic E-state index is 8.46. The SMILES string of the molecule is C=[CH][AlH2].O=PO. The van der Waals surface area contributed by atoms with Gasteiger partial charge in [-0.25, -0.2) is 4.57 Å². The molecule has 0 radical (unpaired) electrons. The van der Waals surface area contributed by atoms with Crippen LogP contribution in [0.15, 0.2) is 11.5 Å². The molecule has 0 rings (SSSR count). The second kappa shape index (κ2) is 18.4. The Bertz CT molecular complexity index is 32.5. The lowest BCUT2D eigenvalue weighted by molar-refractivity contribution is 0.524. The summed E-state index contributed by atoms with van der Waals surface area (Å²) >= 11 is 1.13. The van der Waals surface area contributed by atoms with Gasteiger partial charge in [0.05, 0.1) is 0 Å². The predicted octanol–water partition coefficient (Wildman–Crippen LogP) is -0.0516. The molecule has 0 amide bonds. The molecular weight excluding hydrogens is 114 g/mol. The van der Waals surface area contributed by atoms with E-state index in [1.165, 1.54) is 0 Å². The second-order valence-corrected chi connectivity index (χ2v) is 1.47. The first-order chi connectivity index (χ1) is 2.83. The molecule has 0 aromatic heterocycles. The normalized spacial score (nSPS) is 5.50. The third-order valence-corrected chi connectivity index (χ3v) is 0. The van der Waals surface area contributed by atoms with Gasteiger partial charge >= 0.3 is 8.69 Å². The third-order valence-electron chi connectivity index (χ3n) is 0. The summed E-state index contributed by atoms with van der Waals surface area (Å²) in [5, 5.41) is 0. The van der Waals surface area contributed by atoms with Crippen LogP contribution < -0.4 is 0 Å². The van der Waals surface area contributed by atoms with E-state index in [0.29, 0.717) is 0 Å². The zero-order chi connectivity index (χ0) is 5.41. The van der Waals surface area contributed by atoms with Crippen molar-refractivity contribution in [2.45, 2.75) is 0 Å². The summed E-state index contributed by atoms with van der Waals surface area (Å²) in [6, 6.07) is 0. The first-order valence-electron chi connectivity index (χ1n) is 1.37. The van der Waals surface area contributed by atoms with Crippen LogP contribution >= 0.6 is 8.69 Å². The third kappa shape index (κ3) is 435. The Morgan fingerprint density at radius 3 is 2.00 bits per heavy atom. The fraction of sp³-hybridized carbons (Fsp3) is 0. The molecule has 0 aliphatic heterocycles. The van der Waals surface area contributed by atoms with Crippen molar-refractivity contribution in [2.75, 3.05) is 0 Å². The highest BCUT2D eigenvalue weighted by atomic mass is 31.1. The van der Waals surface area contributed by atoms with E-state index >= 15 is 0 Å². The van der Waals surface area contributed by atoms with Crippen LogP contribution in [-0.4, -0.2) is 21.2 Å². The van der Waals surface area contributed by atoms with Gasteiger partial charge in [0.25, 0.3) is 0 Å². The Morgan fingerprint density at radius 2 is 2.00 bits per heavy atom. The van der Waals surface area contributed by atoms with Crippen LogP contribution in [0.1, 0.15) is 0 Å². The van der Waals surface area contributed by atoms with Gasteiger partial charge in [0.1, 0.15) is 0 Å². The number of rotatable bonds is 0. The summed E-state index contributed by atoms with van der Waals surface area (Å²) in [6.07, 6.45) is 0. The molecule has 0 unspecified atom stereocenters.